The highest BCUT2D eigenvalue weighted by Gasteiger charge is 2.25. The molecule has 3 heteroatoms. The molecular formula is C7H11NO2. The van der Waals surface area contributed by atoms with Crippen LogP contribution >= 0.6 is 0 Å². The number of amides is 1. The fourth-order valence-electron chi connectivity index (χ4n) is 0.848. The second-order valence-electron chi connectivity index (χ2n) is 2.44. The lowest BCUT2D eigenvalue weighted by Gasteiger charge is -2.10. The van der Waals surface area contributed by atoms with Crippen molar-refractivity contribution in [3.8, 4) is 0 Å². The Morgan fingerprint density at radius 1 is 2.00 bits per heavy atom. The molecule has 2 atom stereocenters. The van der Waals surface area contributed by atoms with Crippen LogP contribution in [0.15, 0.2) is 12.7 Å². The van der Waals surface area contributed by atoms with Crippen molar-refractivity contribution >= 4 is 6.09 Å². The van der Waals surface area contributed by atoms with Crippen molar-refractivity contribution in [3.05, 3.63) is 12.7 Å². The van der Waals surface area contributed by atoms with Crippen LogP contribution in [0.4, 0.5) is 4.79 Å². The Hall–Kier alpha value is -0.990. The summed E-state index contributed by atoms with van der Waals surface area (Å²) in [6.45, 7) is 6.08. The lowest BCUT2D eigenvalue weighted by atomic mass is 10.0. The first-order valence-corrected chi connectivity index (χ1v) is 3.30. The van der Waals surface area contributed by atoms with E-state index in [2.05, 4.69) is 11.9 Å². The average molecular weight is 141 g/mol. The van der Waals surface area contributed by atoms with Gasteiger partial charge in [0, 0.05) is 0 Å². The summed E-state index contributed by atoms with van der Waals surface area (Å²) in [5.74, 6) is 0.284. The van der Waals surface area contributed by atoms with Crippen molar-refractivity contribution in [3.63, 3.8) is 0 Å². The monoisotopic (exact) mass is 141 g/mol. The molecule has 1 N–H and O–H groups in total. The van der Waals surface area contributed by atoms with Gasteiger partial charge in [0.15, 0.2) is 0 Å². The van der Waals surface area contributed by atoms with E-state index in [4.69, 9.17) is 4.74 Å². The SMILES string of the molecule is C=C[C@H](C)[C@H]1COC(=O)N1. The molecule has 3 nitrogen and oxygen atoms in total. The van der Waals surface area contributed by atoms with Crippen LogP contribution in [0.25, 0.3) is 0 Å². The molecule has 0 radical (unpaired) electrons. The first-order chi connectivity index (χ1) is 4.74. The van der Waals surface area contributed by atoms with Crippen LogP contribution in [0.3, 0.4) is 0 Å². The standard InChI is InChI=1S/C7H11NO2/c1-3-5(2)6-4-10-7(9)8-6/h3,5-6H,1,4H2,2H3,(H,8,9)/t5-,6+/m0/s1. The van der Waals surface area contributed by atoms with Gasteiger partial charge in [-0.15, -0.1) is 6.58 Å². The van der Waals surface area contributed by atoms with Gasteiger partial charge in [0.25, 0.3) is 0 Å². The van der Waals surface area contributed by atoms with E-state index in [0.29, 0.717) is 6.61 Å². The summed E-state index contributed by atoms with van der Waals surface area (Å²) in [6.07, 6.45) is 1.48. The summed E-state index contributed by atoms with van der Waals surface area (Å²) in [5.41, 5.74) is 0. The molecule has 0 bridgehead atoms. The van der Waals surface area contributed by atoms with Crippen molar-refractivity contribution < 1.29 is 9.53 Å². The van der Waals surface area contributed by atoms with Crippen LogP contribution in [0.2, 0.25) is 0 Å². The third kappa shape index (κ3) is 1.29. The molecule has 0 spiro atoms. The lowest BCUT2D eigenvalue weighted by molar-refractivity contribution is 0.176. The smallest absolute Gasteiger partial charge is 0.407 e. The Morgan fingerprint density at radius 3 is 3.10 bits per heavy atom. The molecule has 1 amide bonds. The molecule has 1 saturated heterocycles. The Morgan fingerprint density at radius 2 is 2.70 bits per heavy atom. The Balaban J connectivity index is 2.43. The first-order valence-electron chi connectivity index (χ1n) is 3.30. The van der Waals surface area contributed by atoms with Gasteiger partial charge in [-0.1, -0.05) is 13.0 Å². The third-order valence-electron chi connectivity index (χ3n) is 1.70. The van der Waals surface area contributed by atoms with E-state index < -0.39 is 0 Å². The largest absolute Gasteiger partial charge is 0.447 e. The third-order valence-corrected chi connectivity index (χ3v) is 1.70. The molecule has 56 valence electrons. The molecular weight excluding hydrogens is 130 g/mol. The van der Waals surface area contributed by atoms with E-state index in [1.165, 1.54) is 0 Å². The zero-order valence-corrected chi connectivity index (χ0v) is 5.96. The number of rotatable bonds is 2. The van der Waals surface area contributed by atoms with E-state index in [1.807, 2.05) is 6.92 Å². The van der Waals surface area contributed by atoms with Crippen molar-refractivity contribution in [2.24, 2.45) is 5.92 Å². The van der Waals surface area contributed by atoms with Crippen LogP contribution in [0.5, 0.6) is 0 Å². The quantitative estimate of drug-likeness (QED) is 0.580. The molecule has 0 aliphatic carbocycles. The van der Waals surface area contributed by atoms with Gasteiger partial charge in [-0.2, -0.15) is 0 Å². The highest BCUT2D eigenvalue weighted by atomic mass is 16.6. The Labute approximate surface area is 60.1 Å². The number of ether oxygens (including phenoxy) is 1. The van der Waals surface area contributed by atoms with Crippen LogP contribution in [0, 0.1) is 5.92 Å². The van der Waals surface area contributed by atoms with E-state index >= 15 is 0 Å². The van der Waals surface area contributed by atoms with E-state index in [-0.39, 0.29) is 18.1 Å². The van der Waals surface area contributed by atoms with Crippen molar-refractivity contribution in [2.45, 2.75) is 13.0 Å². The molecule has 1 heterocycles. The minimum Gasteiger partial charge on any atom is -0.447 e. The topological polar surface area (TPSA) is 38.3 Å². The predicted molar refractivity (Wildman–Crippen MR) is 37.6 cm³/mol. The molecule has 1 aliphatic heterocycles. The Kier molecular flexibility index (Phi) is 1.94. The molecule has 0 aromatic heterocycles. The summed E-state index contributed by atoms with van der Waals surface area (Å²) in [5, 5.41) is 2.67. The zero-order chi connectivity index (χ0) is 7.56. The highest BCUT2D eigenvalue weighted by molar-refractivity contribution is 5.69. The highest BCUT2D eigenvalue weighted by Crippen LogP contribution is 2.09. The molecule has 0 saturated carbocycles. The molecule has 0 aromatic carbocycles. The fraction of sp³-hybridized carbons (Fsp3) is 0.571. The summed E-state index contributed by atoms with van der Waals surface area (Å²) in [4.78, 5) is 10.5. The maximum absolute atomic E-state index is 10.5. The molecule has 1 rings (SSSR count). The Bertz CT molecular complexity index is 156. The summed E-state index contributed by atoms with van der Waals surface area (Å²) in [6, 6.07) is 0.116. The van der Waals surface area contributed by atoms with Crippen LogP contribution in [-0.4, -0.2) is 18.7 Å². The molecule has 10 heavy (non-hydrogen) atoms. The number of cyclic esters (lactones) is 1. The minimum absolute atomic E-state index is 0.116. The van der Waals surface area contributed by atoms with E-state index in [0.717, 1.165) is 0 Å². The van der Waals surface area contributed by atoms with Crippen LogP contribution < -0.4 is 5.32 Å². The van der Waals surface area contributed by atoms with E-state index in [9.17, 15) is 4.79 Å². The van der Waals surface area contributed by atoms with E-state index in [1.54, 1.807) is 6.08 Å². The van der Waals surface area contributed by atoms with Crippen molar-refractivity contribution in [1.82, 2.24) is 5.32 Å². The summed E-state index contributed by atoms with van der Waals surface area (Å²) < 4.78 is 4.69. The molecule has 0 aromatic rings. The minimum atomic E-state index is -0.321. The fourth-order valence-corrected chi connectivity index (χ4v) is 0.848. The van der Waals surface area contributed by atoms with Gasteiger partial charge in [-0.3, -0.25) is 0 Å². The number of carbonyl (C=O) groups excluding carboxylic acids is 1. The van der Waals surface area contributed by atoms with Gasteiger partial charge < -0.3 is 10.1 Å². The first kappa shape index (κ1) is 7.12. The summed E-state index contributed by atoms with van der Waals surface area (Å²) >= 11 is 0. The van der Waals surface area contributed by atoms with Crippen LogP contribution in [0.1, 0.15) is 6.92 Å². The lowest BCUT2D eigenvalue weighted by Crippen LogP contribution is -2.31. The van der Waals surface area contributed by atoms with Gasteiger partial charge in [0.05, 0.1) is 6.04 Å². The zero-order valence-electron chi connectivity index (χ0n) is 5.96. The predicted octanol–water partition coefficient (Wildman–Crippen LogP) is 0.917. The molecule has 1 fully saturated rings. The van der Waals surface area contributed by atoms with Crippen molar-refractivity contribution in [2.75, 3.05) is 6.61 Å². The number of nitrogens with one attached hydrogen (secondary N) is 1. The van der Waals surface area contributed by atoms with Gasteiger partial charge in [0.2, 0.25) is 0 Å². The average Bonchev–Trinajstić information content (AvgIpc) is 2.34. The number of alkyl carbamates (subject to hydrolysis) is 1. The van der Waals surface area contributed by atoms with Gasteiger partial charge in [0.1, 0.15) is 6.61 Å². The van der Waals surface area contributed by atoms with Gasteiger partial charge in [-0.25, -0.2) is 4.79 Å². The molecule has 1 aliphatic rings. The van der Waals surface area contributed by atoms with Gasteiger partial charge >= 0.3 is 6.09 Å². The number of carbonyl (C=O) groups is 1. The maximum Gasteiger partial charge on any atom is 0.407 e. The second kappa shape index (κ2) is 2.73. The maximum atomic E-state index is 10.5. The summed E-state index contributed by atoms with van der Waals surface area (Å²) in [7, 11) is 0. The normalized spacial score (nSPS) is 26.9. The number of hydrogen-bond acceptors (Lipinski definition) is 2. The van der Waals surface area contributed by atoms with Gasteiger partial charge in [-0.05, 0) is 5.92 Å². The molecule has 0 unspecified atom stereocenters. The van der Waals surface area contributed by atoms with Crippen LogP contribution in [-0.2, 0) is 4.74 Å². The second-order valence-corrected chi connectivity index (χ2v) is 2.44. The number of hydrogen-bond donors (Lipinski definition) is 1. The van der Waals surface area contributed by atoms with Crippen molar-refractivity contribution in [1.29, 1.82) is 0 Å².